The summed E-state index contributed by atoms with van der Waals surface area (Å²) in [6, 6.07) is 3.73. The second-order valence-corrected chi connectivity index (χ2v) is 6.16. The summed E-state index contributed by atoms with van der Waals surface area (Å²) in [7, 11) is 0. The molecule has 0 radical (unpaired) electrons. The van der Waals surface area contributed by atoms with Crippen molar-refractivity contribution in [3.8, 4) is 0 Å². The first-order valence-electron chi connectivity index (χ1n) is 7.30. The Balaban J connectivity index is 1.88. The maximum Gasteiger partial charge on any atom is 0.407 e. The van der Waals surface area contributed by atoms with Gasteiger partial charge in [0.25, 0.3) is 0 Å². The van der Waals surface area contributed by atoms with Crippen LogP contribution in [0.1, 0.15) is 39.8 Å². The van der Waals surface area contributed by atoms with Crippen molar-refractivity contribution in [2.24, 2.45) is 0 Å². The van der Waals surface area contributed by atoms with Crippen LogP contribution in [-0.2, 0) is 4.74 Å². The van der Waals surface area contributed by atoms with Gasteiger partial charge in [-0.3, -0.25) is 0 Å². The van der Waals surface area contributed by atoms with Crippen molar-refractivity contribution >= 4 is 17.8 Å². The number of hydrogen-bond donors (Lipinski definition) is 1. The fourth-order valence-electron chi connectivity index (χ4n) is 1.92. The summed E-state index contributed by atoms with van der Waals surface area (Å²) in [5.74, 6) is 0. The van der Waals surface area contributed by atoms with E-state index < -0.39 is 11.7 Å². The molecule has 0 aliphatic heterocycles. The predicted molar refractivity (Wildman–Crippen MR) is 85.5 cm³/mol. The largest absolute Gasteiger partial charge is 0.444 e. The van der Waals surface area contributed by atoms with Gasteiger partial charge >= 0.3 is 6.09 Å². The van der Waals surface area contributed by atoms with Crippen LogP contribution >= 0.6 is 0 Å². The van der Waals surface area contributed by atoms with E-state index >= 15 is 0 Å². The van der Waals surface area contributed by atoms with Crippen LogP contribution < -0.4 is 5.32 Å². The first-order chi connectivity index (χ1) is 10.3. The van der Waals surface area contributed by atoms with Gasteiger partial charge in [-0.1, -0.05) is 6.08 Å². The van der Waals surface area contributed by atoms with Crippen molar-refractivity contribution in [3.63, 3.8) is 0 Å². The topological polar surface area (TPSA) is 68.5 Å². The minimum atomic E-state index is -0.484. The van der Waals surface area contributed by atoms with E-state index in [0.29, 0.717) is 6.42 Å². The Morgan fingerprint density at radius 2 is 2.27 bits per heavy atom. The summed E-state index contributed by atoms with van der Waals surface area (Å²) in [4.78, 5) is 15.9. The van der Waals surface area contributed by atoms with Gasteiger partial charge in [0.15, 0.2) is 5.65 Å². The van der Waals surface area contributed by atoms with Gasteiger partial charge < -0.3 is 10.1 Å². The molecule has 0 aliphatic rings. The van der Waals surface area contributed by atoms with Gasteiger partial charge in [-0.25, -0.2) is 14.3 Å². The Kier molecular flexibility index (Phi) is 4.80. The number of carbonyl (C=O) groups excluding carboxylic acids is 1. The van der Waals surface area contributed by atoms with Crippen molar-refractivity contribution < 1.29 is 9.53 Å². The quantitative estimate of drug-likeness (QED) is 0.942. The van der Waals surface area contributed by atoms with Crippen LogP contribution in [0.5, 0.6) is 0 Å². The number of fused-ring (bicyclic) bond motifs is 1. The number of ether oxygens (including phenoxy) is 1. The molecule has 1 N–H and O–H groups in total. The van der Waals surface area contributed by atoms with E-state index in [4.69, 9.17) is 4.74 Å². The standard InChI is InChI=1S/C16H22N4O2/c1-12(19-15(21)22-16(2,3)4)7-5-8-13-11-17-14-9-6-10-18-20(13)14/h5-6,8-12H,7H2,1-4H3,(H,19,21)/b8-5+/t12-/m0/s1. The van der Waals surface area contributed by atoms with E-state index in [1.165, 1.54) is 0 Å². The third-order valence-electron chi connectivity index (χ3n) is 2.85. The third kappa shape index (κ3) is 4.58. The third-order valence-corrected chi connectivity index (χ3v) is 2.85. The smallest absolute Gasteiger partial charge is 0.407 e. The fourth-order valence-corrected chi connectivity index (χ4v) is 1.92. The summed E-state index contributed by atoms with van der Waals surface area (Å²) in [6.07, 6.45) is 7.72. The number of amides is 1. The average Bonchev–Trinajstić information content (AvgIpc) is 2.80. The van der Waals surface area contributed by atoms with E-state index in [2.05, 4.69) is 15.4 Å². The molecule has 6 nitrogen and oxygen atoms in total. The average molecular weight is 302 g/mol. The minimum Gasteiger partial charge on any atom is -0.444 e. The van der Waals surface area contributed by atoms with Gasteiger partial charge in [-0.05, 0) is 52.3 Å². The Morgan fingerprint density at radius 3 is 3.00 bits per heavy atom. The highest BCUT2D eigenvalue weighted by molar-refractivity contribution is 5.68. The number of aromatic nitrogens is 3. The monoisotopic (exact) mass is 302 g/mol. The van der Waals surface area contributed by atoms with E-state index in [0.717, 1.165) is 11.3 Å². The lowest BCUT2D eigenvalue weighted by Gasteiger charge is -2.21. The molecule has 0 aliphatic carbocycles. The van der Waals surface area contributed by atoms with Gasteiger partial charge in [-0.2, -0.15) is 5.10 Å². The van der Waals surface area contributed by atoms with Crippen LogP contribution in [0.4, 0.5) is 4.79 Å². The number of rotatable bonds is 4. The molecule has 0 saturated carbocycles. The molecule has 2 heterocycles. The molecule has 1 atom stereocenters. The highest BCUT2D eigenvalue weighted by Gasteiger charge is 2.17. The summed E-state index contributed by atoms with van der Waals surface area (Å²) >= 11 is 0. The molecule has 22 heavy (non-hydrogen) atoms. The molecule has 0 aromatic carbocycles. The second kappa shape index (κ2) is 6.60. The summed E-state index contributed by atoms with van der Waals surface area (Å²) in [5, 5.41) is 7.04. The van der Waals surface area contributed by atoms with E-state index in [1.54, 1.807) is 16.9 Å². The van der Waals surface area contributed by atoms with Crippen LogP contribution in [0.2, 0.25) is 0 Å². The molecule has 118 valence electrons. The Hall–Kier alpha value is -2.37. The molecular formula is C16H22N4O2. The van der Waals surface area contributed by atoms with E-state index in [-0.39, 0.29) is 6.04 Å². The van der Waals surface area contributed by atoms with Crippen molar-refractivity contribution in [1.29, 1.82) is 0 Å². The number of alkyl carbamates (subject to hydrolysis) is 1. The molecule has 0 saturated heterocycles. The maximum atomic E-state index is 11.7. The second-order valence-electron chi connectivity index (χ2n) is 6.16. The summed E-state index contributed by atoms with van der Waals surface area (Å²) in [6.45, 7) is 7.46. The SMILES string of the molecule is C[C@@H](C/C=C/c1cnc2cccnn12)NC(=O)OC(C)(C)C. The zero-order valence-electron chi connectivity index (χ0n) is 13.4. The lowest BCUT2D eigenvalue weighted by Crippen LogP contribution is -2.37. The number of hydrogen-bond acceptors (Lipinski definition) is 4. The predicted octanol–water partition coefficient (Wildman–Crippen LogP) is 3.05. The van der Waals surface area contributed by atoms with Gasteiger partial charge in [0, 0.05) is 12.2 Å². The summed E-state index contributed by atoms with van der Waals surface area (Å²) < 4.78 is 6.99. The summed E-state index contributed by atoms with van der Waals surface area (Å²) in [5.41, 5.74) is 1.23. The highest BCUT2D eigenvalue weighted by atomic mass is 16.6. The highest BCUT2D eigenvalue weighted by Crippen LogP contribution is 2.08. The molecule has 0 unspecified atom stereocenters. The maximum absolute atomic E-state index is 11.7. The molecule has 0 bridgehead atoms. The molecule has 0 fully saturated rings. The Labute approximate surface area is 130 Å². The van der Waals surface area contributed by atoms with E-state index in [1.807, 2.05) is 52.0 Å². The van der Waals surface area contributed by atoms with E-state index in [9.17, 15) is 4.79 Å². The first kappa shape index (κ1) is 16.0. The van der Waals surface area contributed by atoms with Crippen molar-refractivity contribution in [1.82, 2.24) is 19.9 Å². The van der Waals surface area contributed by atoms with Crippen LogP contribution in [0.25, 0.3) is 11.7 Å². The zero-order valence-corrected chi connectivity index (χ0v) is 13.4. The van der Waals surface area contributed by atoms with Crippen molar-refractivity contribution in [3.05, 3.63) is 36.3 Å². The van der Waals surface area contributed by atoms with Crippen molar-refractivity contribution in [2.45, 2.75) is 45.8 Å². The number of imidazole rings is 1. The molecule has 1 amide bonds. The number of nitrogens with zero attached hydrogens (tertiary/aromatic N) is 3. The molecule has 2 aromatic rings. The molecule has 2 aromatic heterocycles. The first-order valence-corrected chi connectivity index (χ1v) is 7.30. The number of nitrogens with one attached hydrogen (secondary N) is 1. The minimum absolute atomic E-state index is 0.0155. The fraction of sp³-hybridized carbons (Fsp3) is 0.438. The normalized spacial score (nSPS) is 13.5. The van der Waals surface area contributed by atoms with Gasteiger partial charge in [-0.15, -0.1) is 0 Å². The molecule has 2 rings (SSSR count). The lowest BCUT2D eigenvalue weighted by molar-refractivity contribution is 0.0509. The van der Waals surface area contributed by atoms with Crippen molar-refractivity contribution in [2.75, 3.05) is 0 Å². The zero-order chi connectivity index (χ0) is 16.2. The molecular weight excluding hydrogens is 280 g/mol. The number of carbonyl (C=O) groups is 1. The van der Waals surface area contributed by atoms with Gasteiger partial charge in [0.1, 0.15) is 5.60 Å². The molecule has 0 spiro atoms. The van der Waals surface area contributed by atoms with Crippen LogP contribution in [0.15, 0.2) is 30.6 Å². The van der Waals surface area contributed by atoms with Crippen LogP contribution in [0, 0.1) is 0 Å². The lowest BCUT2D eigenvalue weighted by atomic mass is 10.2. The Bertz CT molecular complexity index is 670. The Morgan fingerprint density at radius 1 is 1.50 bits per heavy atom. The molecule has 6 heteroatoms. The van der Waals surface area contributed by atoms with Gasteiger partial charge in [0.05, 0.1) is 11.9 Å². The van der Waals surface area contributed by atoms with Gasteiger partial charge in [0.2, 0.25) is 0 Å². The van der Waals surface area contributed by atoms with Crippen LogP contribution in [0.3, 0.4) is 0 Å². The van der Waals surface area contributed by atoms with Crippen LogP contribution in [-0.4, -0.2) is 32.3 Å².